The van der Waals surface area contributed by atoms with Gasteiger partial charge in [-0.25, -0.2) is 4.63 Å². The maximum atomic E-state index is 4.66. The highest BCUT2D eigenvalue weighted by Crippen LogP contribution is 2.26. The van der Waals surface area contributed by atoms with E-state index < -0.39 is 0 Å². The van der Waals surface area contributed by atoms with Crippen molar-refractivity contribution in [2.45, 2.75) is 45.8 Å². The second-order valence-corrected chi connectivity index (χ2v) is 3.90. The van der Waals surface area contributed by atoms with Gasteiger partial charge in [-0.3, -0.25) is 4.90 Å². The summed E-state index contributed by atoms with van der Waals surface area (Å²) in [6.45, 7) is 7.28. The first-order chi connectivity index (χ1) is 6.18. The minimum Gasteiger partial charge on any atom is -0.292 e. The molecule has 4 heteroatoms. The van der Waals surface area contributed by atoms with E-state index in [0.29, 0.717) is 12.1 Å². The molecule has 0 saturated carbocycles. The first-order valence-electron chi connectivity index (χ1n) is 4.72. The van der Waals surface area contributed by atoms with Crippen molar-refractivity contribution in [2.24, 2.45) is 0 Å². The lowest BCUT2D eigenvalue weighted by molar-refractivity contribution is 0.0273. The monoisotopic (exact) mass is 181 g/mol. The van der Waals surface area contributed by atoms with Crippen molar-refractivity contribution < 1.29 is 4.63 Å². The van der Waals surface area contributed by atoms with Gasteiger partial charge in [0.1, 0.15) is 11.4 Å². The minimum atomic E-state index is 0.672. The summed E-state index contributed by atoms with van der Waals surface area (Å²) in [6.07, 6.45) is 1.28. The molecule has 2 rings (SSSR count). The van der Waals surface area contributed by atoms with Gasteiger partial charge in [0.2, 0.25) is 0 Å². The Morgan fingerprint density at radius 2 is 2.08 bits per heavy atom. The molecule has 0 aliphatic carbocycles. The van der Waals surface area contributed by atoms with Gasteiger partial charge in [-0.05, 0) is 27.2 Å². The molecule has 0 spiro atoms. The first kappa shape index (κ1) is 8.69. The molecule has 13 heavy (non-hydrogen) atoms. The van der Waals surface area contributed by atoms with Crippen LogP contribution in [-0.4, -0.2) is 27.3 Å². The Hall–Kier alpha value is -0.900. The lowest BCUT2D eigenvalue weighted by Gasteiger charge is -2.45. The molecule has 2 unspecified atom stereocenters. The van der Waals surface area contributed by atoms with Crippen LogP contribution >= 0.6 is 0 Å². The molecule has 1 aromatic rings. The van der Waals surface area contributed by atoms with Gasteiger partial charge in [-0.1, -0.05) is 10.3 Å². The highest BCUT2D eigenvalue weighted by atomic mass is 16.6. The van der Waals surface area contributed by atoms with Crippen LogP contribution < -0.4 is 0 Å². The molecule has 4 nitrogen and oxygen atoms in total. The molecule has 1 fully saturated rings. The van der Waals surface area contributed by atoms with Gasteiger partial charge in [-0.2, -0.15) is 0 Å². The standard InChI is InChI=1S/C9H15N3O/c1-6-4-7(2)12(6)5-9-8(3)10-13-11-9/h6-7H,4-5H2,1-3H3. The number of aromatic nitrogens is 2. The fourth-order valence-electron chi connectivity index (χ4n) is 1.94. The van der Waals surface area contributed by atoms with Gasteiger partial charge in [0.15, 0.2) is 0 Å². The Morgan fingerprint density at radius 3 is 2.54 bits per heavy atom. The van der Waals surface area contributed by atoms with E-state index in [1.165, 1.54) is 6.42 Å². The van der Waals surface area contributed by atoms with Crippen molar-refractivity contribution in [3.8, 4) is 0 Å². The van der Waals surface area contributed by atoms with Gasteiger partial charge in [0, 0.05) is 18.6 Å². The molecule has 1 aliphatic heterocycles. The van der Waals surface area contributed by atoms with Crippen LogP contribution in [0.5, 0.6) is 0 Å². The summed E-state index contributed by atoms with van der Waals surface area (Å²) in [5.41, 5.74) is 1.88. The highest BCUT2D eigenvalue weighted by molar-refractivity contribution is 5.06. The number of likely N-dealkylation sites (tertiary alicyclic amines) is 1. The van der Waals surface area contributed by atoms with Crippen LogP contribution in [0.1, 0.15) is 31.7 Å². The molecular formula is C9H15N3O. The van der Waals surface area contributed by atoms with Crippen molar-refractivity contribution in [2.75, 3.05) is 0 Å². The zero-order valence-corrected chi connectivity index (χ0v) is 8.32. The Bertz CT molecular complexity index is 289. The molecular weight excluding hydrogens is 166 g/mol. The summed E-state index contributed by atoms with van der Waals surface area (Å²) < 4.78 is 4.66. The fourth-order valence-corrected chi connectivity index (χ4v) is 1.94. The SMILES string of the molecule is Cc1nonc1CN1C(C)CC1C. The van der Waals surface area contributed by atoms with Crippen LogP contribution in [0, 0.1) is 6.92 Å². The summed E-state index contributed by atoms with van der Waals surface area (Å²) in [4.78, 5) is 2.41. The van der Waals surface area contributed by atoms with E-state index in [0.717, 1.165) is 17.9 Å². The molecule has 0 radical (unpaired) electrons. The molecule has 1 aromatic heterocycles. The molecule has 72 valence electrons. The van der Waals surface area contributed by atoms with Crippen molar-refractivity contribution in [3.05, 3.63) is 11.4 Å². The van der Waals surface area contributed by atoms with E-state index in [4.69, 9.17) is 0 Å². The zero-order chi connectivity index (χ0) is 9.42. The third-order valence-corrected chi connectivity index (χ3v) is 2.89. The maximum absolute atomic E-state index is 4.66. The summed E-state index contributed by atoms with van der Waals surface area (Å²) in [7, 11) is 0. The molecule has 1 aliphatic rings. The van der Waals surface area contributed by atoms with Gasteiger partial charge in [-0.15, -0.1) is 0 Å². The summed E-state index contributed by atoms with van der Waals surface area (Å²) in [6, 6.07) is 1.34. The first-order valence-corrected chi connectivity index (χ1v) is 4.72. The molecule has 0 aromatic carbocycles. The predicted molar refractivity (Wildman–Crippen MR) is 48.1 cm³/mol. The fraction of sp³-hybridized carbons (Fsp3) is 0.778. The van der Waals surface area contributed by atoms with Crippen molar-refractivity contribution in [1.82, 2.24) is 15.2 Å². The van der Waals surface area contributed by atoms with Crippen molar-refractivity contribution in [1.29, 1.82) is 0 Å². The molecule has 0 N–H and O–H groups in total. The minimum absolute atomic E-state index is 0.672. The second kappa shape index (κ2) is 3.10. The quantitative estimate of drug-likeness (QED) is 0.691. The number of nitrogens with zero attached hydrogens (tertiary/aromatic N) is 3. The maximum Gasteiger partial charge on any atom is 0.122 e. The van der Waals surface area contributed by atoms with E-state index in [1.54, 1.807) is 0 Å². The molecule has 0 amide bonds. The van der Waals surface area contributed by atoms with E-state index in [-0.39, 0.29) is 0 Å². The Balaban J connectivity index is 2.02. The van der Waals surface area contributed by atoms with Crippen LogP contribution in [0.4, 0.5) is 0 Å². The Kier molecular flexibility index (Phi) is 2.07. The second-order valence-electron chi connectivity index (χ2n) is 3.90. The average Bonchev–Trinajstić information content (AvgIpc) is 2.48. The molecule has 1 saturated heterocycles. The third kappa shape index (κ3) is 1.46. The average molecular weight is 181 g/mol. The number of aryl methyl sites for hydroxylation is 1. The van der Waals surface area contributed by atoms with Crippen LogP contribution in [0.25, 0.3) is 0 Å². The van der Waals surface area contributed by atoms with Crippen LogP contribution in [0.3, 0.4) is 0 Å². The van der Waals surface area contributed by atoms with Gasteiger partial charge < -0.3 is 0 Å². The summed E-state index contributed by atoms with van der Waals surface area (Å²) in [5.74, 6) is 0. The van der Waals surface area contributed by atoms with E-state index in [9.17, 15) is 0 Å². The zero-order valence-electron chi connectivity index (χ0n) is 8.32. The van der Waals surface area contributed by atoms with E-state index >= 15 is 0 Å². The van der Waals surface area contributed by atoms with Crippen LogP contribution in [-0.2, 0) is 6.54 Å². The highest BCUT2D eigenvalue weighted by Gasteiger charge is 2.32. The number of rotatable bonds is 2. The molecule has 2 atom stereocenters. The lowest BCUT2D eigenvalue weighted by atomic mass is 9.95. The van der Waals surface area contributed by atoms with Crippen molar-refractivity contribution in [3.63, 3.8) is 0 Å². The largest absolute Gasteiger partial charge is 0.292 e. The normalized spacial score (nSPS) is 28.8. The Labute approximate surface area is 77.9 Å². The predicted octanol–water partition coefficient (Wildman–Crippen LogP) is 1.36. The number of hydrogen-bond acceptors (Lipinski definition) is 4. The van der Waals surface area contributed by atoms with Gasteiger partial charge >= 0.3 is 0 Å². The molecule has 2 heterocycles. The molecule has 0 bridgehead atoms. The lowest BCUT2D eigenvalue weighted by Crippen LogP contribution is -2.52. The van der Waals surface area contributed by atoms with E-state index in [1.807, 2.05) is 6.92 Å². The number of hydrogen-bond donors (Lipinski definition) is 0. The summed E-state index contributed by atoms with van der Waals surface area (Å²) >= 11 is 0. The van der Waals surface area contributed by atoms with Crippen LogP contribution in [0.2, 0.25) is 0 Å². The van der Waals surface area contributed by atoms with Gasteiger partial charge in [0.25, 0.3) is 0 Å². The van der Waals surface area contributed by atoms with Crippen LogP contribution in [0.15, 0.2) is 4.63 Å². The Morgan fingerprint density at radius 1 is 1.38 bits per heavy atom. The third-order valence-electron chi connectivity index (χ3n) is 2.89. The smallest absolute Gasteiger partial charge is 0.122 e. The van der Waals surface area contributed by atoms with Gasteiger partial charge in [0.05, 0.1) is 0 Å². The van der Waals surface area contributed by atoms with E-state index in [2.05, 4.69) is 33.7 Å². The topological polar surface area (TPSA) is 42.2 Å². The summed E-state index contributed by atoms with van der Waals surface area (Å²) in [5, 5.41) is 7.64. The van der Waals surface area contributed by atoms with Crippen molar-refractivity contribution >= 4 is 0 Å².